The van der Waals surface area contributed by atoms with Crippen LogP contribution in [0.3, 0.4) is 0 Å². The van der Waals surface area contributed by atoms with Crippen LogP contribution in [0.25, 0.3) is 16.5 Å². The van der Waals surface area contributed by atoms with Gasteiger partial charge in [-0.15, -0.1) is 0 Å². The number of hydrogen-bond donors (Lipinski definition) is 1. The van der Waals surface area contributed by atoms with Crippen molar-refractivity contribution in [1.82, 2.24) is 9.88 Å². The molecule has 0 atom stereocenters. The van der Waals surface area contributed by atoms with Crippen molar-refractivity contribution in [3.05, 3.63) is 78.0 Å². The highest BCUT2D eigenvalue weighted by atomic mass is 15.1. The second-order valence-corrected chi connectivity index (χ2v) is 6.26. The minimum atomic E-state index is 1.06. The SMILES string of the molecule is C1=C(c2cccc3[nH]ccc23)CCN(CCc2ccccc2)C1. The lowest BCUT2D eigenvalue weighted by molar-refractivity contribution is 0.306. The molecule has 2 heterocycles. The second-order valence-electron chi connectivity index (χ2n) is 6.26. The molecule has 0 bridgehead atoms. The van der Waals surface area contributed by atoms with E-state index in [9.17, 15) is 0 Å². The summed E-state index contributed by atoms with van der Waals surface area (Å²) in [6, 6.07) is 19.5. The van der Waals surface area contributed by atoms with Gasteiger partial charge in [0.2, 0.25) is 0 Å². The molecule has 3 aromatic rings. The van der Waals surface area contributed by atoms with Crippen molar-refractivity contribution in [1.29, 1.82) is 0 Å². The van der Waals surface area contributed by atoms with Crippen molar-refractivity contribution in [2.75, 3.05) is 19.6 Å². The fourth-order valence-corrected chi connectivity index (χ4v) is 3.46. The quantitative estimate of drug-likeness (QED) is 0.752. The highest BCUT2D eigenvalue weighted by molar-refractivity contribution is 5.92. The van der Waals surface area contributed by atoms with Crippen LogP contribution >= 0.6 is 0 Å². The van der Waals surface area contributed by atoms with Gasteiger partial charge in [-0.25, -0.2) is 0 Å². The molecule has 0 saturated heterocycles. The lowest BCUT2D eigenvalue weighted by Gasteiger charge is -2.26. The maximum Gasteiger partial charge on any atom is 0.0460 e. The van der Waals surface area contributed by atoms with E-state index in [0.717, 1.165) is 32.5 Å². The maximum absolute atomic E-state index is 3.31. The van der Waals surface area contributed by atoms with Crippen LogP contribution in [-0.2, 0) is 6.42 Å². The zero-order valence-electron chi connectivity index (χ0n) is 13.3. The maximum atomic E-state index is 3.31. The third-order valence-corrected chi connectivity index (χ3v) is 4.79. The first-order valence-corrected chi connectivity index (χ1v) is 8.42. The van der Waals surface area contributed by atoms with Crippen LogP contribution < -0.4 is 0 Å². The molecular formula is C21H22N2. The summed E-state index contributed by atoms with van der Waals surface area (Å²) in [5.41, 5.74) is 5.55. The van der Waals surface area contributed by atoms with Gasteiger partial charge in [-0.05, 0) is 41.7 Å². The first-order chi connectivity index (χ1) is 11.4. The Morgan fingerprint density at radius 1 is 0.957 bits per heavy atom. The molecule has 1 aliphatic rings. The first-order valence-electron chi connectivity index (χ1n) is 8.42. The Morgan fingerprint density at radius 3 is 2.70 bits per heavy atom. The van der Waals surface area contributed by atoms with Crippen LogP contribution in [0, 0.1) is 0 Å². The van der Waals surface area contributed by atoms with E-state index in [0.29, 0.717) is 0 Å². The van der Waals surface area contributed by atoms with Gasteiger partial charge in [0.15, 0.2) is 0 Å². The highest BCUT2D eigenvalue weighted by Gasteiger charge is 2.14. The number of benzene rings is 2. The van der Waals surface area contributed by atoms with Gasteiger partial charge in [-0.2, -0.15) is 0 Å². The minimum absolute atomic E-state index is 1.06. The molecule has 0 spiro atoms. The summed E-state index contributed by atoms with van der Waals surface area (Å²) in [6.45, 7) is 3.35. The third kappa shape index (κ3) is 3.08. The van der Waals surface area contributed by atoms with Crippen LogP contribution in [0.2, 0.25) is 0 Å². The van der Waals surface area contributed by atoms with Crippen LogP contribution in [0.1, 0.15) is 17.5 Å². The Bertz CT molecular complexity index is 814. The number of rotatable bonds is 4. The number of aromatic amines is 1. The Balaban J connectivity index is 1.44. The van der Waals surface area contributed by atoms with Gasteiger partial charge in [0, 0.05) is 36.7 Å². The van der Waals surface area contributed by atoms with Gasteiger partial charge in [-0.3, -0.25) is 4.90 Å². The van der Waals surface area contributed by atoms with Gasteiger partial charge >= 0.3 is 0 Å². The molecule has 2 heteroatoms. The van der Waals surface area contributed by atoms with E-state index >= 15 is 0 Å². The van der Waals surface area contributed by atoms with Gasteiger partial charge in [0.05, 0.1) is 0 Å². The van der Waals surface area contributed by atoms with E-state index in [4.69, 9.17) is 0 Å². The van der Waals surface area contributed by atoms with E-state index in [1.807, 2.05) is 6.20 Å². The fraction of sp³-hybridized carbons (Fsp3) is 0.238. The van der Waals surface area contributed by atoms with Crippen molar-refractivity contribution < 1.29 is 0 Å². The van der Waals surface area contributed by atoms with Crippen molar-refractivity contribution in [2.24, 2.45) is 0 Å². The van der Waals surface area contributed by atoms with Crippen LogP contribution in [0.15, 0.2) is 66.9 Å². The second kappa shape index (κ2) is 6.43. The molecular weight excluding hydrogens is 280 g/mol. The minimum Gasteiger partial charge on any atom is -0.361 e. The molecule has 116 valence electrons. The molecule has 1 N–H and O–H groups in total. The lowest BCUT2D eigenvalue weighted by atomic mass is 9.96. The fourth-order valence-electron chi connectivity index (χ4n) is 3.46. The molecule has 2 aromatic carbocycles. The summed E-state index contributed by atoms with van der Waals surface area (Å²) >= 11 is 0. The molecule has 0 unspecified atom stereocenters. The monoisotopic (exact) mass is 302 g/mol. The Morgan fingerprint density at radius 2 is 1.87 bits per heavy atom. The highest BCUT2D eigenvalue weighted by Crippen LogP contribution is 2.28. The molecule has 0 radical (unpaired) electrons. The molecule has 4 rings (SSSR count). The van der Waals surface area contributed by atoms with Crippen molar-refractivity contribution >= 4 is 16.5 Å². The molecule has 0 saturated carbocycles. The molecule has 1 aliphatic heterocycles. The van der Waals surface area contributed by atoms with E-state index in [1.165, 1.54) is 27.6 Å². The van der Waals surface area contributed by atoms with E-state index in [2.05, 4.69) is 70.6 Å². The van der Waals surface area contributed by atoms with Gasteiger partial charge < -0.3 is 4.98 Å². The number of nitrogens with one attached hydrogen (secondary N) is 1. The number of nitrogens with zero attached hydrogens (tertiary/aromatic N) is 1. The molecule has 0 aliphatic carbocycles. The predicted molar refractivity (Wildman–Crippen MR) is 97.5 cm³/mol. The number of H-pyrrole nitrogens is 1. The topological polar surface area (TPSA) is 19.0 Å². The summed E-state index contributed by atoms with van der Waals surface area (Å²) in [4.78, 5) is 5.86. The average Bonchev–Trinajstić information content (AvgIpc) is 3.10. The standard InChI is InChI=1S/C21H22N2/c1-2-5-17(6-3-1)10-14-23-15-11-18(12-16-23)19-7-4-8-21-20(19)9-13-22-21/h1-9,11,13,22H,10,12,14-16H2. The molecule has 2 nitrogen and oxygen atoms in total. The van der Waals surface area contributed by atoms with E-state index in [-0.39, 0.29) is 0 Å². The van der Waals surface area contributed by atoms with Gasteiger partial charge in [0.1, 0.15) is 0 Å². The van der Waals surface area contributed by atoms with E-state index < -0.39 is 0 Å². The smallest absolute Gasteiger partial charge is 0.0460 e. The Labute approximate surface area is 137 Å². The number of hydrogen-bond acceptors (Lipinski definition) is 1. The normalized spacial score (nSPS) is 15.7. The molecule has 0 fully saturated rings. The van der Waals surface area contributed by atoms with E-state index in [1.54, 1.807) is 0 Å². The zero-order chi connectivity index (χ0) is 15.5. The van der Waals surface area contributed by atoms with Gasteiger partial charge in [0.25, 0.3) is 0 Å². The summed E-state index contributed by atoms with van der Waals surface area (Å²) in [5.74, 6) is 0. The van der Waals surface area contributed by atoms with Crippen molar-refractivity contribution in [3.63, 3.8) is 0 Å². The number of aromatic nitrogens is 1. The van der Waals surface area contributed by atoms with Crippen LogP contribution in [0.5, 0.6) is 0 Å². The van der Waals surface area contributed by atoms with Gasteiger partial charge in [-0.1, -0.05) is 48.5 Å². The largest absolute Gasteiger partial charge is 0.361 e. The predicted octanol–water partition coefficient (Wildman–Crippen LogP) is 4.50. The zero-order valence-corrected chi connectivity index (χ0v) is 13.3. The Kier molecular flexibility index (Phi) is 3.99. The average molecular weight is 302 g/mol. The molecule has 0 amide bonds. The lowest BCUT2D eigenvalue weighted by Crippen LogP contribution is -2.30. The van der Waals surface area contributed by atoms with Crippen molar-refractivity contribution in [2.45, 2.75) is 12.8 Å². The first kappa shape index (κ1) is 14.3. The summed E-state index contributed by atoms with van der Waals surface area (Å²) < 4.78 is 0. The van der Waals surface area contributed by atoms with Crippen molar-refractivity contribution in [3.8, 4) is 0 Å². The van der Waals surface area contributed by atoms with Crippen LogP contribution in [-0.4, -0.2) is 29.5 Å². The summed E-state index contributed by atoms with van der Waals surface area (Å²) in [6.07, 6.45) is 6.72. The molecule has 1 aromatic heterocycles. The molecule has 23 heavy (non-hydrogen) atoms. The summed E-state index contributed by atoms with van der Waals surface area (Å²) in [7, 11) is 0. The van der Waals surface area contributed by atoms with Crippen LogP contribution in [0.4, 0.5) is 0 Å². The summed E-state index contributed by atoms with van der Waals surface area (Å²) in [5, 5.41) is 1.34. The Hall–Kier alpha value is -2.32. The third-order valence-electron chi connectivity index (χ3n) is 4.79. The number of fused-ring (bicyclic) bond motifs is 1.